The van der Waals surface area contributed by atoms with Crippen LogP contribution < -0.4 is 5.32 Å². The Morgan fingerprint density at radius 2 is 2.29 bits per heavy atom. The number of nitrogens with zero attached hydrogens (tertiary/aromatic N) is 1. The molecule has 1 N–H and O–H groups in total. The largest absolute Gasteiger partial charge is 0.381 e. The quantitative estimate of drug-likeness (QED) is 0.623. The summed E-state index contributed by atoms with van der Waals surface area (Å²) >= 11 is 0. The smallest absolute Gasteiger partial charge is 0.0478 e. The Hall–Kier alpha value is -0.120. The van der Waals surface area contributed by atoms with Crippen LogP contribution in [0.4, 0.5) is 0 Å². The molecule has 0 aromatic heterocycles. The second-order valence-corrected chi connectivity index (χ2v) is 4.17. The van der Waals surface area contributed by atoms with Crippen molar-refractivity contribution in [1.82, 2.24) is 10.2 Å². The van der Waals surface area contributed by atoms with Gasteiger partial charge in [-0.1, -0.05) is 6.92 Å². The average Bonchev–Trinajstić information content (AvgIpc) is 2.58. The molecule has 1 saturated heterocycles. The van der Waals surface area contributed by atoms with Gasteiger partial charge in [-0.15, -0.1) is 0 Å². The van der Waals surface area contributed by atoms with Gasteiger partial charge in [-0.2, -0.15) is 0 Å². The van der Waals surface area contributed by atoms with Gasteiger partial charge in [-0.05, 0) is 39.4 Å². The third kappa shape index (κ3) is 4.94. The van der Waals surface area contributed by atoms with Crippen LogP contribution in [0.25, 0.3) is 0 Å². The summed E-state index contributed by atoms with van der Waals surface area (Å²) in [7, 11) is 2.19. The zero-order chi connectivity index (χ0) is 10.2. The average molecular weight is 200 g/mol. The topological polar surface area (TPSA) is 24.5 Å². The first-order chi connectivity index (χ1) is 6.83. The van der Waals surface area contributed by atoms with E-state index in [9.17, 15) is 0 Å². The first-order valence-corrected chi connectivity index (χ1v) is 5.82. The number of likely N-dealkylation sites (N-methyl/N-ethyl adjacent to an activating group) is 1. The van der Waals surface area contributed by atoms with E-state index in [1.807, 2.05) is 0 Å². The lowest BCUT2D eigenvalue weighted by Crippen LogP contribution is -2.32. The predicted molar refractivity (Wildman–Crippen MR) is 59.6 cm³/mol. The molecule has 1 atom stereocenters. The summed E-state index contributed by atoms with van der Waals surface area (Å²) < 4.78 is 5.42. The van der Waals surface area contributed by atoms with Crippen LogP contribution in [-0.2, 0) is 4.74 Å². The third-order valence-electron chi connectivity index (χ3n) is 2.64. The Balaban J connectivity index is 1.84. The molecule has 1 rings (SSSR count). The molecule has 0 saturated carbocycles. The predicted octanol–water partition coefficient (Wildman–Crippen LogP) is 1.10. The lowest BCUT2D eigenvalue weighted by atomic mass is 10.2. The number of hydrogen-bond acceptors (Lipinski definition) is 3. The molecule has 1 fully saturated rings. The van der Waals surface area contributed by atoms with Gasteiger partial charge in [-0.25, -0.2) is 0 Å². The molecule has 0 radical (unpaired) electrons. The van der Waals surface area contributed by atoms with E-state index in [1.54, 1.807) is 0 Å². The van der Waals surface area contributed by atoms with Crippen LogP contribution in [0.3, 0.4) is 0 Å². The number of hydrogen-bond donors (Lipinski definition) is 1. The summed E-state index contributed by atoms with van der Waals surface area (Å²) in [5.74, 6) is 0. The van der Waals surface area contributed by atoms with E-state index in [-0.39, 0.29) is 0 Å². The summed E-state index contributed by atoms with van der Waals surface area (Å²) in [6, 6.07) is 0.714. The van der Waals surface area contributed by atoms with E-state index in [2.05, 4.69) is 24.2 Å². The first-order valence-electron chi connectivity index (χ1n) is 5.82. The maximum Gasteiger partial charge on any atom is 0.0478 e. The molecule has 1 heterocycles. The molecule has 0 aliphatic carbocycles. The molecule has 1 aliphatic heterocycles. The van der Waals surface area contributed by atoms with E-state index in [0.29, 0.717) is 6.04 Å². The van der Waals surface area contributed by atoms with Crippen molar-refractivity contribution in [3.8, 4) is 0 Å². The molecule has 84 valence electrons. The van der Waals surface area contributed by atoms with E-state index in [1.165, 1.54) is 19.5 Å². The monoisotopic (exact) mass is 200 g/mol. The summed E-state index contributed by atoms with van der Waals surface area (Å²) in [5, 5.41) is 3.57. The van der Waals surface area contributed by atoms with E-state index in [4.69, 9.17) is 4.74 Å². The molecular formula is C11H24N2O. The molecule has 0 amide bonds. The number of nitrogens with one attached hydrogen (secondary N) is 1. The second-order valence-electron chi connectivity index (χ2n) is 4.17. The minimum atomic E-state index is 0.714. The molecule has 3 nitrogen and oxygen atoms in total. The van der Waals surface area contributed by atoms with Crippen molar-refractivity contribution in [2.45, 2.75) is 32.2 Å². The summed E-state index contributed by atoms with van der Waals surface area (Å²) in [6.07, 6.45) is 3.56. The van der Waals surface area contributed by atoms with E-state index < -0.39 is 0 Å². The Bertz CT molecular complexity index is 141. The van der Waals surface area contributed by atoms with Gasteiger partial charge in [0, 0.05) is 25.8 Å². The number of likely N-dealkylation sites (tertiary alicyclic amines) is 1. The van der Waals surface area contributed by atoms with Crippen molar-refractivity contribution in [2.24, 2.45) is 0 Å². The van der Waals surface area contributed by atoms with Crippen molar-refractivity contribution in [3.63, 3.8) is 0 Å². The van der Waals surface area contributed by atoms with Crippen LogP contribution >= 0.6 is 0 Å². The van der Waals surface area contributed by atoms with Gasteiger partial charge in [-0.3, -0.25) is 0 Å². The van der Waals surface area contributed by atoms with Gasteiger partial charge >= 0.3 is 0 Å². The van der Waals surface area contributed by atoms with Crippen LogP contribution in [-0.4, -0.2) is 50.8 Å². The minimum Gasteiger partial charge on any atom is -0.381 e. The van der Waals surface area contributed by atoms with Gasteiger partial charge in [0.15, 0.2) is 0 Å². The number of ether oxygens (including phenoxy) is 1. The highest BCUT2D eigenvalue weighted by molar-refractivity contribution is 4.78. The molecule has 1 unspecified atom stereocenters. The van der Waals surface area contributed by atoms with Crippen molar-refractivity contribution < 1.29 is 4.74 Å². The van der Waals surface area contributed by atoms with E-state index in [0.717, 1.165) is 32.6 Å². The molecule has 0 spiro atoms. The lowest BCUT2D eigenvalue weighted by molar-refractivity contribution is 0.131. The molecule has 0 aromatic rings. The Labute approximate surface area is 87.8 Å². The summed E-state index contributed by atoms with van der Waals surface area (Å²) in [5.41, 5.74) is 0. The van der Waals surface area contributed by atoms with Crippen molar-refractivity contribution >= 4 is 0 Å². The van der Waals surface area contributed by atoms with Crippen LogP contribution in [0.1, 0.15) is 26.2 Å². The first kappa shape index (κ1) is 12.0. The second kappa shape index (κ2) is 7.21. The molecule has 1 aliphatic rings. The van der Waals surface area contributed by atoms with Gasteiger partial charge in [0.1, 0.15) is 0 Å². The minimum absolute atomic E-state index is 0.714. The zero-order valence-corrected chi connectivity index (χ0v) is 9.59. The van der Waals surface area contributed by atoms with Crippen LogP contribution in [0, 0.1) is 0 Å². The Morgan fingerprint density at radius 1 is 1.43 bits per heavy atom. The Kier molecular flexibility index (Phi) is 6.15. The van der Waals surface area contributed by atoms with Crippen molar-refractivity contribution in [3.05, 3.63) is 0 Å². The van der Waals surface area contributed by atoms with Crippen LogP contribution in [0.5, 0.6) is 0 Å². The Morgan fingerprint density at radius 3 is 2.93 bits per heavy atom. The molecule has 0 bridgehead atoms. The normalized spacial score (nSPS) is 23.1. The zero-order valence-electron chi connectivity index (χ0n) is 9.59. The highest BCUT2D eigenvalue weighted by Crippen LogP contribution is 2.05. The fraction of sp³-hybridized carbons (Fsp3) is 1.00. The SMILES string of the molecule is CCCOCCCNC1CCN(C)C1. The van der Waals surface area contributed by atoms with Crippen LogP contribution in [0.2, 0.25) is 0 Å². The lowest BCUT2D eigenvalue weighted by Gasteiger charge is -2.12. The molecule has 3 heteroatoms. The summed E-state index contributed by atoms with van der Waals surface area (Å²) in [6.45, 7) is 7.50. The van der Waals surface area contributed by atoms with Gasteiger partial charge in [0.05, 0.1) is 0 Å². The maximum absolute atomic E-state index is 5.42. The fourth-order valence-corrected chi connectivity index (χ4v) is 1.83. The fourth-order valence-electron chi connectivity index (χ4n) is 1.83. The van der Waals surface area contributed by atoms with Gasteiger partial charge < -0.3 is 15.0 Å². The highest BCUT2D eigenvalue weighted by Gasteiger charge is 2.17. The highest BCUT2D eigenvalue weighted by atomic mass is 16.5. The van der Waals surface area contributed by atoms with Crippen molar-refractivity contribution in [2.75, 3.05) is 39.9 Å². The molecular weight excluding hydrogens is 176 g/mol. The van der Waals surface area contributed by atoms with Gasteiger partial charge in [0.2, 0.25) is 0 Å². The van der Waals surface area contributed by atoms with Crippen LogP contribution in [0.15, 0.2) is 0 Å². The number of rotatable bonds is 7. The molecule has 0 aromatic carbocycles. The standard InChI is InChI=1S/C11H24N2O/c1-3-8-14-9-4-6-12-11-5-7-13(2)10-11/h11-12H,3-10H2,1-2H3. The molecule has 14 heavy (non-hydrogen) atoms. The van der Waals surface area contributed by atoms with Gasteiger partial charge in [0.25, 0.3) is 0 Å². The maximum atomic E-state index is 5.42. The van der Waals surface area contributed by atoms with E-state index >= 15 is 0 Å². The van der Waals surface area contributed by atoms with Crippen molar-refractivity contribution in [1.29, 1.82) is 0 Å². The third-order valence-corrected chi connectivity index (χ3v) is 2.64. The summed E-state index contributed by atoms with van der Waals surface area (Å²) in [4.78, 5) is 2.38.